The lowest BCUT2D eigenvalue weighted by Gasteiger charge is -1.95. The predicted molar refractivity (Wildman–Crippen MR) is 51.6 cm³/mol. The van der Waals surface area contributed by atoms with Crippen molar-refractivity contribution < 1.29 is 4.74 Å². The van der Waals surface area contributed by atoms with E-state index in [1.165, 1.54) is 11.3 Å². The molecule has 1 heterocycles. The first-order valence-electron chi connectivity index (χ1n) is 3.62. The average Bonchev–Trinajstić information content (AvgIpc) is 2.45. The Hall–Kier alpha value is -0.380. The van der Waals surface area contributed by atoms with Gasteiger partial charge in [0.05, 0.1) is 18.1 Å². The summed E-state index contributed by atoms with van der Waals surface area (Å²) in [4.78, 5) is 4.96. The van der Waals surface area contributed by atoms with Crippen LogP contribution in [0.15, 0.2) is 18.3 Å². The number of thiazole rings is 1. The first kappa shape index (κ1) is 9.71. The molecule has 0 N–H and O–H groups in total. The van der Waals surface area contributed by atoms with Gasteiger partial charge in [0.15, 0.2) is 4.47 Å². The summed E-state index contributed by atoms with van der Waals surface area (Å²) in [6.45, 7) is 3.20. The fraction of sp³-hybridized carbons (Fsp3) is 0.375. The lowest BCUT2D eigenvalue weighted by Crippen LogP contribution is -1.89. The number of allylic oxidation sites excluding steroid dienone is 1. The molecule has 0 fully saturated rings. The molecular formula is C8H10ClNOS. The molecule has 0 aliphatic carbocycles. The van der Waals surface area contributed by atoms with E-state index >= 15 is 0 Å². The maximum Gasteiger partial charge on any atom is 0.183 e. The summed E-state index contributed by atoms with van der Waals surface area (Å²) >= 11 is 7.09. The minimum atomic E-state index is 0.569. The van der Waals surface area contributed by atoms with Crippen molar-refractivity contribution in [2.45, 2.75) is 13.5 Å². The second-order valence-electron chi connectivity index (χ2n) is 2.16. The highest BCUT2D eigenvalue weighted by Gasteiger charge is 1.97. The summed E-state index contributed by atoms with van der Waals surface area (Å²) in [7, 11) is 0. The largest absolute Gasteiger partial charge is 0.372 e. The summed E-state index contributed by atoms with van der Waals surface area (Å²) in [5, 5.41) is 0. The molecule has 2 nitrogen and oxygen atoms in total. The van der Waals surface area contributed by atoms with Crippen molar-refractivity contribution >= 4 is 22.9 Å². The van der Waals surface area contributed by atoms with Gasteiger partial charge in [0.25, 0.3) is 0 Å². The number of hydrogen-bond acceptors (Lipinski definition) is 3. The Labute approximate surface area is 80.8 Å². The summed E-state index contributed by atoms with van der Waals surface area (Å²) in [5.41, 5.74) is 0. The molecular weight excluding hydrogens is 194 g/mol. The van der Waals surface area contributed by atoms with E-state index in [-0.39, 0.29) is 0 Å². The molecule has 0 amide bonds. The van der Waals surface area contributed by atoms with Gasteiger partial charge >= 0.3 is 0 Å². The highest BCUT2D eigenvalue weighted by Crippen LogP contribution is 2.18. The number of rotatable bonds is 4. The molecule has 1 rings (SSSR count). The molecule has 0 aliphatic heterocycles. The molecule has 0 bridgehead atoms. The second-order valence-corrected chi connectivity index (χ2v) is 3.86. The van der Waals surface area contributed by atoms with E-state index in [0.717, 1.165) is 4.88 Å². The number of halogens is 1. The van der Waals surface area contributed by atoms with Gasteiger partial charge in [-0.25, -0.2) is 4.98 Å². The smallest absolute Gasteiger partial charge is 0.183 e. The van der Waals surface area contributed by atoms with Crippen LogP contribution in [0, 0.1) is 0 Å². The quantitative estimate of drug-likeness (QED) is 0.555. The molecule has 0 spiro atoms. The third-order valence-corrected chi connectivity index (χ3v) is 2.31. The van der Waals surface area contributed by atoms with Crippen molar-refractivity contribution in [3.8, 4) is 0 Å². The zero-order valence-corrected chi connectivity index (χ0v) is 8.36. The molecule has 1 aromatic heterocycles. The Kier molecular flexibility index (Phi) is 4.29. The fourth-order valence-corrected chi connectivity index (χ4v) is 1.59. The van der Waals surface area contributed by atoms with Gasteiger partial charge in [0, 0.05) is 6.20 Å². The Balaban J connectivity index is 2.24. The third kappa shape index (κ3) is 3.34. The molecule has 0 radical (unpaired) electrons. The first-order valence-corrected chi connectivity index (χ1v) is 4.81. The summed E-state index contributed by atoms with van der Waals surface area (Å²) in [6.07, 6.45) is 5.66. The topological polar surface area (TPSA) is 22.1 Å². The van der Waals surface area contributed by atoms with Gasteiger partial charge < -0.3 is 4.74 Å². The first-order chi connectivity index (χ1) is 5.83. The number of ether oxygens (including phenoxy) is 1. The predicted octanol–water partition coefficient (Wildman–Crippen LogP) is 2.89. The Morgan fingerprint density at radius 2 is 2.58 bits per heavy atom. The molecule has 0 aliphatic rings. The minimum Gasteiger partial charge on any atom is -0.372 e. The highest BCUT2D eigenvalue weighted by molar-refractivity contribution is 7.15. The van der Waals surface area contributed by atoms with Crippen LogP contribution in [0.1, 0.15) is 11.8 Å². The fourth-order valence-electron chi connectivity index (χ4n) is 0.674. The zero-order chi connectivity index (χ0) is 8.81. The van der Waals surface area contributed by atoms with E-state index in [1.807, 2.05) is 19.1 Å². The maximum absolute atomic E-state index is 5.64. The standard InChI is InChI=1S/C8H10ClNOS/c1-2-3-4-11-6-7-5-10-8(9)12-7/h2-3,5H,4,6H2,1H3. The van der Waals surface area contributed by atoms with Crippen LogP contribution in [0.5, 0.6) is 0 Å². The average molecular weight is 204 g/mol. The number of aromatic nitrogens is 1. The molecule has 0 saturated heterocycles. The van der Waals surface area contributed by atoms with E-state index in [0.29, 0.717) is 17.7 Å². The summed E-state index contributed by atoms with van der Waals surface area (Å²) in [5.74, 6) is 0. The van der Waals surface area contributed by atoms with Crippen molar-refractivity contribution in [2.24, 2.45) is 0 Å². The number of hydrogen-bond donors (Lipinski definition) is 0. The molecule has 0 saturated carbocycles. The van der Waals surface area contributed by atoms with Crippen LogP contribution in [-0.2, 0) is 11.3 Å². The highest BCUT2D eigenvalue weighted by atomic mass is 35.5. The van der Waals surface area contributed by atoms with E-state index < -0.39 is 0 Å². The Bertz CT molecular complexity index is 259. The minimum absolute atomic E-state index is 0.569. The lowest BCUT2D eigenvalue weighted by atomic mass is 10.5. The van der Waals surface area contributed by atoms with Crippen molar-refractivity contribution in [1.29, 1.82) is 0 Å². The molecule has 12 heavy (non-hydrogen) atoms. The Morgan fingerprint density at radius 1 is 1.75 bits per heavy atom. The van der Waals surface area contributed by atoms with Crippen LogP contribution in [0.25, 0.3) is 0 Å². The van der Waals surface area contributed by atoms with E-state index in [2.05, 4.69) is 4.98 Å². The second kappa shape index (κ2) is 5.30. The van der Waals surface area contributed by atoms with Crippen molar-refractivity contribution in [1.82, 2.24) is 4.98 Å². The summed E-state index contributed by atoms with van der Waals surface area (Å²) < 4.78 is 5.87. The Morgan fingerprint density at radius 3 is 3.17 bits per heavy atom. The van der Waals surface area contributed by atoms with Crippen LogP contribution in [0.3, 0.4) is 0 Å². The van der Waals surface area contributed by atoms with Gasteiger partial charge in [-0.3, -0.25) is 0 Å². The molecule has 4 heteroatoms. The SMILES string of the molecule is CC=CCOCc1cnc(Cl)s1. The van der Waals surface area contributed by atoms with Crippen LogP contribution >= 0.6 is 22.9 Å². The van der Waals surface area contributed by atoms with Gasteiger partial charge in [-0.1, -0.05) is 23.8 Å². The third-order valence-electron chi connectivity index (χ3n) is 1.22. The van der Waals surface area contributed by atoms with Gasteiger partial charge in [-0.15, -0.1) is 11.3 Å². The van der Waals surface area contributed by atoms with E-state index in [9.17, 15) is 0 Å². The van der Waals surface area contributed by atoms with Crippen molar-refractivity contribution in [3.63, 3.8) is 0 Å². The van der Waals surface area contributed by atoms with Gasteiger partial charge in [-0.05, 0) is 6.92 Å². The van der Waals surface area contributed by atoms with E-state index in [4.69, 9.17) is 16.3 Å². The zero-order valence-electron chi connectivity index (χ0n) is 6.79. The van der Waals surface area contributed by atoms with Gasteiger partial charge in [0.1, 0.15) is 0 Å². The molecule has 66 valence electrons. The van der Waals surface area contributed by atoms with Crippen LogP contribution < -0.4 is 0 Å². The van der Waals surface area contributed by atoms with Crippen LogP contribution in [0.2, 0.25) is 4.47 Å². The maximum atomic E-state index is 5.64. The molecule has 1 aromatic rings. The molecule has 0 unspecified atom stereocenters. The number of nitrogens with zero attached hydrogens (tertiary/aromatic N) is 1. The van der Waals surface area contributed by atoms with Gasteiger partial charge in [0.2, 0.25) is 0 Å². The van der Waals surface area contributed by atoms with Crippen molar-refractivity contribution in [2.75, 3.05) is 6.61 Å². The summed E-state index contributed by atoms with van der Waals surface area (Å²) in [6, 6.07) is 0. The van der Waals surface area contributed by atoms with Crippen LogP contribution in [-0.4, -0.2) is 11.6 Å². The molecule has 0 atom stereocenters. The normalized spacial score (nSPS) is 11.2. The van der Waals surface area contributed by atoms with E-state index in [1.54, 1.807) is 6.20 Å². The van der Waals surface area contributed by atoms with Crippen LogP contribution in [0.4, 0.5) is 0 Å². The van der Waals surface area contributed by atoms with Crippen molar-refractivity contribution in [3.05, 3.63) is 27.7 Å². The molecule has 0 aromatic carbocycles. The monoisotopic (exact) mass is 203 g/mol. The van der Waals surface area contributed by atoms with Gasteiger partial charge in [-0.2, -0.15) is 0 Å². The lowest BCUT2D eigenvalue weighted by molar-refractivity contribution is 0.151.